The molecule has 2 saturated heterocycles. The maximum absolute atomic E-state index is 12.2. The van der Waals surface area contributed by atoms with Crippen molar-refractivity contribution in [2.45, 2.75) is 82.7 Å². The Hall–Kier alpha value is -1.55. The fourth-order valence-corrected chi connectivity index (χ4v) is 5.99. The third-order valence-electron chi connectivity index (χ3n) is 7.50. The summed E-state index contributed by atoms with van der Waals surface area (Å²) in [6.07, 6.45) is 11.6. The van der Waals surface area contributed by atoms with Crippen molar-refractivity contribution in [3.8, 4) is 5.75 Å². The van der Waals surface area contributed by atoms with Crippen molar-refractivity contribution in [3.63, 3.8) is 0 Å². The first-order valence-corrected chi connectivity index (χ1v) is 11.4. The van der Waals surface area contributed by atoms with Crippen LogP contribution in [-0.4, -0.2) is 52.5 Å². The number of hydrogen-bond donors (Lipinski definition) is 1. The van der Waals surface area contributed by atoms with Crippen molar-refractivity contribution in [1.82, 2.24) is 9.80 Å². The molecule has 1 saturated carbocycles. The first kappa shape index (κ1) is 19.8. The predicted octanol–water partition coefficient (Wildman–Crippen LogP) is 4.53. The van der Waals surface area contributed by atoms with Crippen LogP contribution in [0.1, 0.15) is 76.2 Å². The molecule has 1 aromatic rings. The zero-order chi connectivity index (χ0) is 19.5. The zero-order valence-electron chi connectivity index (χ0n) is 17.4. The summed E-state index contributed by atoms with van der Waals surface area (Å²) in [5.41, 5.74) is 1.29. The molecule has 3 aliphatic rings. The van der Waals surface area contributed by atoms with Gasteiger partial charge in [-0.15, -0.1) is 0 Å². The van der Waals surface area contributed by atoms with Gasteiger partial charge in [-0.25, -0.2) is 0 Å². The lowest BCUT2D eigenvalue weighted by molar-refractivity contribution is -0.130. The molecule has 1 amide bonds. The Morgan fingerprint density at radius 3 is 2.46 bits per heavy atom. The van der Waals surface area contributed by atoms with E-state index in [2.05, 4.69) is 15.9 Å². The first-order valence-electron chi connectivity index (χ1n) is 11.4. The van der Waals surface area contributed by atoms with E-state index in [4.69, 9.17) is 0 Å². The number of amides is 1. The minimum atomic E-state index is 0.243. The number of benzene rings is 1. The molecule has 4 heteroatoms. The van der Waals surface area contributed by atoms with Crippen LogP contribution in [0.5, 0.6) is 5.75 Å². The summed E-state index contributed by atoms with van der Waals surface area (Å²) in [5, 5.41) is 9.83. The number of piperidine rings is 1. The maximum atomic E-state index is 12.2. The number of aromatic hydroxyl groups is 1. The van der Waals surface area contributed by atoms with Gasteiger partial charge < -0.3 is 10.0 Å². The highest BCUT2D eigenvalue weighted by Crippen LogP contribution is 2.43. The van der Waals surface area contributed by atoms with Crippen molar-refractivity contribution >= 4 is 5.91 Å². The molecule has 0 spiro atoms. The van der Waals surface area contributed by atoms with Gasteiger partial charge in [-0.05, 0) is 68.1 Å². The van der Waals surface area contributed by atoms with Crippen LogP contribution in [0, 0.1) is 5.92 Å². The number of rotatable bonds is 6. The van der Waals surface area contributed by atoms with Gasteiger partial charge in [-0.1, -0.05) is 31.4 Å². The van der Waals surface area contributed by atoms with Crippen molar-refractivity contribution in [1.29, 1.82) is 0 Å². The highest BCUT2D eigenvalue weighted by atomic mass is 16.3. The highest BCUT2D eigenvalue weighted by Gasteiger charge is 2.41. The van der Waals surface area contributed by atoms with Crippen molar-refractivity contribution in [3.05, 3.63) is 29.8 Å². The molecule has 2 bridgehead atoms. The minimum absolute atomic E-state index is 0.243. The normalized spacial score (nSPS) is 28.4. The fourth-order valence-electron chi connectivity index (χ4n) is 5.99. The quantitative estimate of drug-likeness (QED) is 0.783. The summed E-state index contributed by atoms with van der Waals surface area (Å²) in [4.78, 5) is 17.0. The second kappa shape index (κ2) is 8.86. The smallest absolute Gasteiger partial charge is 0.219 e. The van der Waals surface area contributed by atoms with Gasteiger partial charge >= 0.3 is 0 Å². The lowest BCUT2D eigenvalue weighted by Gasteiger charge is -2.40. The predicted molar refractivity (Wildman–Crippen MR) is 112 cm³/mol. The molecule has 1 aliphatic carbocycles. The van der Waals surface area contributed by atoms with Crippen LogP contribution in [-0.2, 0) is 4.79 Å². The SMILES string of the molecule is CC(=O)N(CCN1C2CCC1CC(c1cccc(O)c1)C2)CC1CCCCC1. The largest absolute Gasteiger partial charge is 0.508 e. The number of nitrogens with zero attached hydrogens (tertiary/aromatic N) is 2. The molecule has 0 aromatic heterocycles. The number of phenols is 1. The van der Waals surface area contributed by atoms with Gasteiger partial charge in [0.05, 0.1) is 0 Å². The van der Waals surface area contributed by atoms with E-state index < -0.39 is 0 Å². The summed E-state index contributed by atoms with van der Waals surface area (Å²) in [6.45, 7) is 4.61. The van der Waals surface area contributed by atoms with Gasteiger partial charge in [0.1, 0.15) is 5.75 Å². The van der Waals surface area contributed by atoms with Crippen LogP contribution in [0.4, 0.5) is 0 Å². The molecule has 4 nitrogen and oxygen atoms in total. The molecule has 1 N–H and O–H groups in total. The number of phenolic OH excluding ortho intramolecular Hbond substituents is 1. The second-order valence-electron chi connectivity index (χ2n) is 9.36. The molecule has 1 aromatic carbocycles. The number of fused-ring (bicyclic) bond motifs is 2. The van der Waals surface area contributed by atoms with Gasteiger partial charge in [0.15, 0.2) is 0 Å². The summed E-state index contributed by atoms with van der Waals surface area (Å²) in [6, 6.07) is 9.11. The van der Waals surface area contributed by atoms with E-state index in [1.54, 1.807) is 13.0 Å². The molecule has 2 atom stereocenters. The molecule has 154 valence electrons. The topological polar surface area (TPSA) is 43.8 Å². The van der Waals surface area contributed by atoms with Gasteiger partial charge in [-0.3, -0.25) is 9.69 Å². The number of carbonyl (C=O) groups excluding carboxylic acids is 1. The molecule has 2 heterocycles. The Kier molecular flexibility index (Phi) is 6.25. The van der Waals surface area contributed by atoms with Crippen LogP contribution in [0.25, 0.3) is 0 Å². The van der Waals surface area contributed by atoms with Crippen molar-refractivity contribution in [2.24, 2.45) is 5.92 Å². The van der Waals surface area contributed by atoms with Crippen LogP contribution in [0.3, 0.4) is 0 Å². The maximum Gasteiger partial charge on any atom is 0.219 e. The Labute approximate surface area is 169 Å². The third-order valence-corrected chi connectivity index (χ3v) is 7.50. The molecule has 2 aliphatic heterocycles. The Morgan fingerprint density at radius 1 is 1.11 bits per heavy atom. The minimum Gasteiger partial charge on any atom is -0.508 e. The number of carbonyl (C=O) groups is 1. The third kappa shape index (κ3) is 4.53. The van der Waals surface area contributed by atoms with E-state index in [0.717, 1.165) is 19.6 Å². The molecular weight excluding hydrogens is 348 g/mol. The lowest BCUT2D eigenvalue weighted by atomic mass is 9.85. The van der Waals surface area contributed by atoms with Crippen LogP contribution in [0.2, 0.25) is 0 Å². The van der Waals surface area contributed by atoms with E-state index in [9.17, 15) is 9.90 Å². The lowest BCUT2D eigenvalue weighted by Crippen LogP contribution is -2.47. The fraction of sp³-hybridized carbons (Fsp3) is 0.708. The average molecular weight is 385 g/mol. The summed E-state index contributed by atoms with van der Waals surface area (Å²) in [5.74, 6) is 1.90. The van der Waals surface area contributed by atoms with E-state index in [0.29, 0.717) is 29.7 Å². The van der Waals surface area contributed by atoms with Gasteiger partial charge in [-0.2, -0.15) is 0 Å². The van der Waals surface area contributed by atoms with E-state index in [1.165, 1.54) is 63.4 Å². The second-order valence-corrected chi connectivity index (χ2v) is 9.36. The van der Waals surface area contributed by atoms with Gasteiger partial charge in [0.2, 0.25) is 5.91 Å². The van der Waals surface area contributed by atoms with Crippen LogP contribution >= 0.6 is 0 Å². The summed E-state index contributed by atoms with van der Waals surface area (Å²) < 4.78 is 0. The molecule has 28 heavy (non-hydrogen) atoms. The standard InChI is InChI=1S/C24H36N2O2/c1-18(27)25(17-19-6-3-2-4-7-19)12-13-26-22-10-11-23(26)15-21(14-22)20-8-5-9-24(28)16-20/h5,8-9,16,19,21-23,28H,2-4,6-7,10-15,17H2,1H3. The molecule has 2 unspecified atom stereocenters. The molecule has 3 fully saturated rings. The van der Waals surface area contributed by atoms with E-state index in [1.807, 2.05) is 12.1 Å². The summed E-state index contributed by atoms with van der Waals surface area (Å²) >= 11 is 0. The monoisotopic (exact) mass is 384 g/mol. The van der Waals surface area contributed by atoms with Crippen LogP contribution in [0.15, 0.2) is 24.3 Å². The number of hydrogen-bond acceptors (Lipinski definition) is 3. The Morgan fingerprint density at radius 2 is 1.82 bits per heavy atom. The Balaban J connectivity index is 1.33. The first-order chi connectivity index (χ1) is 13.6. The Bertz CT molecular complexity index is 656. The van der Waals surface area contributed by atoms with E-state index >= 15 is 0 Å². The van der Waals surface area contributed by atoms with E-state index in [-0.39, 0.29) is 5.91 Å². The van der Waals surface area contributed by atoms with Crippen molar-refractivity contribution in [2.75, 3.05) is 19.6 Å². The van der Waals surface area contributed by atoms with Gasteiger partial charge in [0, 0.05) is 38.6 Å². The molecular formula is C24H36N2O2. The molecule has 4 rings (SSSR count). The van der Waals surface area contributed by atoms with Gasteiger partial charge in [0.25, 0.3) is 0 Å². The highest BCUT2D eigenvalue weighted by molar-refractivity contribution is 5.73. The van der Waals surface area contributed by atoms with Crippen molar-refractivity contribution < 1.29 is 9.90 Å². The average Bonchev–Trinajstić information content (AvgIpc) is 2.93. The summed E-state index contributed by atoms with van der Waals surface area (Å²) in [7, 11) is 0. The molecule has 0 radical (unpaired) electrons. The van der Waals surface area contributed by atoms with Crippen LogP contribution < -0.4 is 0 Å². The zero-order valence-corrected chi connectivity index (χ0v) is 17.4.